The molecule has 0 bridgehead atoms. The minimum Gasteiger partial charge on any atom is -0.492 e. The normalized spacial score (nSPS) is 10.4. The molecule has 16 heavy (non-hydrogen) atoms. The molecule has 0 saturated carbocycles. The Kier molecular flexibility index (Phi) is 6.69. The van der Waals surface area contributed by atoms with Gasteiger partial charge >= 0.3 is 0 Å². The molecule has 0 atom stereocenters. The number of thioether (sulfide) groups is 1. The molecular formula is C12H18ClNOS. The van der Waals surface area contributed by atoms with E-state index >= 15 is 0 Å². The topological polar surface area (TPSA) is 21.3 Å². The van der Waals surface area contributed by atoms with E-state index in [-0.39, 0.29) is 0 Å². The van der Waals surface area contributed by atoms with Crippen molar-refractivity contribution in [3.05, 3.63) is 28.8 Å². The van der Waals surface area contributed by atoms with Crippen LogP contribution in [0.3, 0.4) is 0 Å². The third-order valence-electron chi connectivity index (χ3n) is 2.13. The van der Waals surface area contributed by atoms with Crippen LogP contribution in [0.25, 0.3) is 0 Å². The van der Waals surface area contributed by atoms with Crippen molar-refractivity contribution < 1.29 is 4.74 Å². The predicted octanol–water partition coefficient (Wildman–Crippen LogP) is 3.19. The molecule has 1 aromatic rings. The van der Waals surface area contributed by atoms with Gasteiger partial charge in [-0.05, 0) is 43.2 Å². The van der Waals surface area contributed by atoms with Crippen LogP contribution < -0.4 is 10.1 Å². The Labute approximate surface area is 107 Å². The lowest BCUT2D eigenvalue weighted by molar-refractivity contribution is 0.319. The van der Waals surface area contributed by atoms with Crippen molar-refractivity contribution >= 4 is 23.4 Å². The highest BCUT2D eigenvalue weighted by atomic mass is 35.5. The van der Waals surface area contributed by atoms with Crippen LogP contribution in [0.1, 0.15) is 12.0 Å². The maximum Gasteiger partial charge on any atom is 0.137 e. The average Bonchev–Trinajstić information content (AvgIpc) is 2.27. The summed E-state index contributed by atoms with van der Waals surface area (Å²) in [4.78, 5) is 0. The second-order valence-corrected chi connectivity index (χ2v) is 4.88. The molecule has 90 valence electrons. The highest BCUT2D eigenvalue weighted by molar-refractivity contribution is 7.98. The maximum absolute atomic E-state index is 6.12. The molecule has 0 spiro atoms. The molecule has 0 aliphatic rings. The molecule has 0 radical (unpaired) electrons. The van der Waals surface area contributed by atoms with Gasteiger partial charge in [-0.25, -0.2) is 0 Å². The summed E-state index contributed by atoms with van der Waals surface area (Å²) in [6, 6.07) is 5.92. The number of hydrogen-bond donors (Lipinski definition) is 1. The van der Waals surface area contributed by atoms with Gasteiger partial charge in [0, 0.05) is 6.54 Å². The minimum atomic E-state index is 0.692. The second kappa shape index (κ2) is 7.82. The molecular weight excluding hydrogens is 242 g/mol. The zero-order chi connectivity index (χ0) is 11.8. The molecule has 0 amide bonds. The van der Waals surface area contributed by atoms with Crippen LogP contribution in [0.15, 0.2) is 18.2 Å². The highest BCUT2D eigenvalue weighted by Gasteiger charge is 2.02. The first kappa shape index (κ1) is 13.7. The van der Waals surface area contributed by atoms with Crippen molar-refractivity contribution in [3.63, 3.8) is 0 Å². The molecule has 0 aliphatic carbocycles. The monoisotopic (exact) mass is 259 g/mol. The van der Waals surface area contributed by atoms with E-state index < -0.39 is 0 Å². The summed E-state index contributed by atoms with van der Waals surface area (Å²) in [7, 11) is 1.92. The quantitative estimate of drug-likeness (QED) is 0.760. The Hall–Kier alpha value is -0.380. The average molecular weight is 260 g/mol. The Morgan fingerprint density at radius 2 is 2.25 bits per heavy atom. The Bertz CT molecular complexity index is 320. The van der Waals surface area contributed by atoms with Gasteiger partial charge in [0.15, 0.2) is 0 Å². The van der Waals surface area contributed by atoms with Crippen molar-refractivity contribution in [2.45, 2.75) is 13.0 Å². The summed E-state index contributed by atoms with van der Waals surface area (Å²) >= 11 is 7.95. The van der Waals surface area contributed by atoms with Crippen molar-refractivity contribution in [1.82, 2.24) is 5.32 Å². The summed E-state index contributed by atoms with van der Waals surface area (Å²) in [5, 5.41) is 3.78. The minimum absolute atomic E-state index is 0.692. The fourth-order valence-corrected chi connectivity index (χ4v) is 2.03. The lowest BCUT2D eigenvalue weighted by atomic mass is 10.2. The molecule has 1 N–H and O–H groups in total. The summed E-state index contributed by atoms with van der Waals surface area (Å²) in [5.41, 5.74) is 1.17. The first-order valence-corrected chi connectivity index (χ1v) is 7.10. The molecule has 0 heterocycles. The maximum atomic E-state index is 6.12. The zero-order valence-electron chi connectivity index (χ0n) is 9.75. The van der Waals surface area contributed by atoms with Crippen LogP contribution in [-0.4, -0.2) is 25.7 Å². The smallest absolute Gasteiger partial charge is 0.137 e. The molecule has 2 nitrogen and oxygen atoms in total. The predicted molar refractivity (Wildman–Crippen MR) is 72.7 cm³/mol. The van der Waals surface area contributed by atoms with E-state index in [0.717, 1.165) is 31.1 Å². The molecule has 0 unspecified atom stereocenters. The van der Waals surface area contributed by atoms with Gasteiger partial charge in [0.05, 0.1) is 11.6 Å². The lowest BCUT2D eigenvalue weighted by Gasteiger charge is -2.09. The number of halogens is 1. The van der Waals surface area contributed by atoms with Gasteiger partial charge in [-0.15, -0.1) is 0 Å². The fraction of sp³-hybridized carbons (Fsp3) is 0.500. The first-order chi connectivity index (χ1) is 7.77. The van der Waals surface area contributed by atoms with Gasteiger partial charge in [0.2, 0.25) is 0 Å². The summed E-state index contributed by atoms with van der Waals surface area (Å²) in [5.74, 6) is 1.90. The number of hydrogen-bond acceptors (Lipinski definition) is 3. The van der Waals surface area contributed by atoms with Gasteiger partial charge in [-0.3, -0.25) is 0 Å². The Balaban J connectivity index is 2.47. The number of nitrogens with one attached hydrogen (secondary N) is 1. The van der Waals surface area contributed by atoms with E-state index in [2.05, 4.69) is 11.6 Å². The van der Waals surface area contributed by atoms with Crippen molar-refractivity contribution in [2.75, 3.05) is 25.7 Å². The van der Waals surface area contributed by atoms with Crippen LogP contribution >= 0.6 is 23.4 Å². The van der Waals surface area contributed by atoms with Crippen molar-refractivity contribution in [2.24, 2.45) is 0 Å². The lowest BCUT2D eigenvalue weighted by Crippen LogP contribution is -2.05. The third-order valence-corrected chi connectivity index (χ3v) is 3.12. The number of ether oxygens (including phenoxy) is 1. The van der Waals surface area contributed by atoms with E-state index in [9.17, 15) is 0 Å². The summed E-state index contributed by atoms with van der Waals surface area (Å²) < 4.78 is 5.61. The fourth-order valence-electron chi connectivity index (χ4n) is 1.36. The number of benzene rings is 1. The molecule has 1 aromatic carbocycles. The molecule has 4 heteroatoms. The van der Waals surface area contributed by atoms with Crippen LogP contribution in [0.4, 0.5) is 0 Å². The van der Waals surface area contributed by atoms with Crippen molar-refractivity contribution in [1.29, 1.82) is 0 Å². The van der Waals surface area contributed by atoms with Crippen LogP contribution in [-0.2, 0) is 6.54 Å². The Morgan fingerprint density at radius 1 is 1.44 bits per heavy atom. The van der Waals surface area contributed by atoms with Gasteiger partial charge in [0.25, 0.3) is 0 Å². The van der Waals surface area contributed by atoms with Gasteiger partial charge in [-0.2, -0.15) is 11.8 Å². The molecule has 0 saturated heterocycles. The zero-order valence-corrected chi connectivity index (χ0v) is 11.3. The Morgan fingerprint density at radius 3 is 2.88 bits per heavy atom. The summed E-state index contributed by atoms with van der Waals surface area (Å²) in [6.45, 7) is 1.55. The van der Waals surface area contributed by atoms with Gasteiger partial charge in [0.1, 0.15) is 5.75 Å². The third kappa shape index (κ3) is 4.64. The van der Waals surface area contributed by atoms with Gasteiger partial charge in [-0.1, -0.05) is 17.7 Å². The second-order valence-electron chi connectivity index (χ2n) is 3.49. The van der Waals surface area contributed by atoms with E-state index in [1.807, 2.05) is 37.0 Å². The van der Waals surface area contributed by atoms with Crippen LogP contribution in [0.5, 0.6) is 5.75 Å². The van der Waals surface area contributed by atoms with E-state index in [1.54, 1.807) is 0 Å². The van der Waals surface area contributed by atoms with E-state index in [4.69, 9.17) is 16.3 Å². The van der Waals surface area contributed by atoms with E-state index in [1.165, 1.54) is 5.56 Å². The SMILES string of the molecule is CNCc1ccc(OCCCSC)c(Cl)c1. The van der Waals surface area contributed by atoms with Gasteiger partial charge < -0.3 is 10.1 Å². The first-order valence-electron chi connectivity index (χ1n) is 5.32. The van der Waals surface area contributed by atoms with E-state index in [0.29, 0.717) is 5.02 Å². The van der Waals surface area contributed by atoms with Crippen LogP contribution in [0.2, 0.25) is 5.02 Å². The standard InChI is InChI=1S/C12H18ClNOS/c1-14-9-10-4-5-12(11(13)8-10)15-6-3-7-16-2/h4-5,8,14H,3,6-7,9H2,1-2H3. The number of rotatable bonds is 7. The highest BCUT2D eigenvalue weighted by Crippen LogP contribution is 2.25. The molecule has 1 rings (SSSR count). The summed E-state index contributed by atoms with van der Waals surface area (Å²) in [6.07, 6.45) is 3.15. The molecule has 0 aliphatic heterocycles. The molecule has 0 aromatic heterocycles. The molecule has 0 fully saturated rings. The van der Waals surface area contributed by atoms with Crippen molar-refractivity contribution in [3.8, 4) is 5.75 Å². The van der Waals surface area contributed by atoms with Crippen LogP contribution in [0, 0.1) is 0 Å². The largest absolute Gasteiger partial charge is 0.492 e.